The Morgan fingerprint density at radius 1 is 0.844 bits per heavy atom. The van der Waals surface area contributed by atoms with Gasteiger partial charge in [0.05, 0.1) is 18.6 Å². The molecule has 2 unspecified atom stereocenters. The van der Waals surface area contributed by atoms with Crippen molar-refractivity contribution in [1.29, 1.82) is 0 Å². The van der Waals surface area contributed by atoms with E-state index in [0.29, 0.717) is 31.5 Å². The average Bonchev–Trinajstić information content (AvgIpc) is 3.48. The Kier molecular flexibility index (Phi) is 10.1. The molecule has 0 spiro atoms. The van der Waals surface area contributed by atoms with Gasteiger partial charge in [0.2, 0.25) is 17.7 Å². The van der Waals surface area contributed by atoms with Gasteiger partial charge in [0.15, 0.2) is 0 Å². The van der Waals surface area contributed by atoms with Gasteiger partial charge < -0.3 is 31.1 Å². The van der Waals surface area contributed by atoms with Crippen molar-refractivity contribution in [2.24, 2.45) is 0 Å². The lowest BCUT2D eigenvalue weighted by Crippen LogP contribution is -2.62. The molecule has 4 atom stereocenters. The second-order valence-electron chi connectivity index (χ2n) is 11.9. The van der Waals surface area contributed by atoms with Crippen LogP contribution >= 0.6 is 0 Å². The smallest absolute Gasteiger partial charge is 0.321 e. The van der Waals surface area contributed by atoms with Crippen LogP contribution < -0.4 is 21.3 Å². The second kappa shape index (κ2) is 14.4. The van der Waals surface area contributed by atoms with E-state index < -0.39 is 24.2 Å². The molecule has 45 heavy (non-hydrogen) atoms. The minimum absolute atomic E-state index is 0.0209. The van der Waals surface area contributed by atoms with E-state index in [1.54, 1.807) is 23.8 Å². The van der Waals surface area contributed by atoms with Crippen molar-refractivity contribution >= 4 is 29.4 Å². The van der Waals surface area contributed by atoms with E-state index in [1.807, 2.05) is 91.9 Å². The van der Waals surface area contributed by atoms with Crippen molar-refractivity contribution in [3.8, 4) is 0 Å². The Balaban J connectivity index is 1.38. The first-order valence-corrected chi connectivity index (χ1v) is 15.6. The summed E-state index contributed by atoms with van der Waals surface area (Å²) >= 11 is 0. The number of fused-ring (bicyclic) bond motifs is 1. The quantitative estimate of drug-likeness (QED) is 0.311. The van der Waals surface area contributed by atoms with E-state index >= 15 is 0 Å². The first kappa shape index (κ1) is 31.7. The number of nitrogens with zero attached hydrogens (tertiary/aromatic N) is 2. The lowest BCUT2D eigenvalue weighted by molar-refractivity contribution is -0.144. The van der Waals surface area contributed by atoms with Gasteiger partial charge in [-0.2, -0.15) is 0 Å². The Labute approximate surface area is 264 Å². The topological polar surface area (TPSA) is 123 Å². The predicted octanol–water partition coefficient (Wildman–Crippen LogP) is 3.59. The van der Waals surface area contributed by atoms with Crippen LogP contribution in [0.4, 0.5) is 10.5 Å². The number of rotatable bonds is 8. The Hall–Kier alpha value is -4.70. The summed E-state index contributed by atoms with van der Waals surface area (Å²) in [5, 5.41) is 11.9. The van der Waals surface area contributed by atoms with E-state index in [-0.39, 0.29) is 36.3 Å². The van der Waals surface area contributed by atoms with Gasteiger partial charge in [0.1, 0.15) is 12.1 Å². The van der Waals surface area contributed by atoms with Gasteiger partial charge in [0.25, 0.3) is 0 Å². The summed E-state index contributed by atoms with van der Waals surface area (Å²) in [5.74, 6) is -0.967. The molecular formula is C35H42N6O4. The lowest BCUT2D eigenvalue weighted by Gasteiger charge is -2.39. The van der Waals surface area contributed by atoms with E-state index in [1.165, 1.54) is 0 Å². The van der Waals surface area contributed by atoms with Crippen LogP contribution in [0.3, 0.4) is 0 Å². The van der Waals surface area contributed by atoms with Gasteiger partial charge in [0, 0.05) is 18.3 Å². The van der Waals surface area contributed by atoms with E-state index in [9.17, 15) is 19.2 Å². The van der Waals surface area contributed by atoms with Gasteiger partial charge in [-0.05, 0) is 63.4 Å². The maximum absolute atomic E-state index is 14.3. The van der Waals surface area contributed by atoms with Crippen LogP contribution in [0.25, 0.3) is 0 Å². The average molecular weight is 611 g/mol. The van der Waals surface area contributed by atoms with E-state index in [4.69, 9.17) is 0 Å². The minimum atomic E-state index is -1.02. The Morgan fingerprint density at radius 2 is 1.47 bits per heavy atom. The molecule has 3 aromatic rings. The number of benzene rings is 3. The SMILES string of the molecule is CN[C@@H](C)C(=O)N[C@H]1CN(C(=O)Nc2ccc(C)cc2)CCC2CCC(C(=O)NC(c3ccccc3)c3ccccc3)N2C1=O. The number of carbonyl (C=O) groups excluding carboxylic acids is 4. The molecule has 2 aliphatic rings. The first-order valence-electron chi connectivity index (χ1n) is 15.6. The van der Waals surface area contributed by atoms with Crippen LogP contribution in [0.1, 0.15) is 48.9 Å². The molecule has 2 fully saturated rings. The van der Waals surface area contributed by atoms with Crippen molar-refractivity contribution in [2.75, 3.05) is 25.5 Å². The van der Waals surface area contributed by atoms with Gasteiger partial charge in [-0.3, -0.25) is 14.4 Å². The molecule has 0 aliphatic carbocycles. The predicted molar refractivity (Wildman–Crippen MR) is 173 cm³/mol. The Bertz CT molecular complexity index is 1440. The number of anilines is 1. The normalized spacial score (nSPS) is 20.5. The third kappa shape index (κ3) is 7.51. The van der Waals surface area contributed by atoms with E-state index in [0.717, 1.165) is 16.7 Å². The maximum Gasteiger partial charge on any atom is 0.321 e. The highest BCUT2D eigenvalue weighted by atomic mass is 16.2. The number of hydrogen-bond donors (Lipinski definition) is 4. The monoisotopic (exact) mass is 610 g/mol. The van der Waals surface area contributed by atoms with Crippen molar-refractivity contribution in [3.05, 3.63) is 102 Å². The summed E-state index contributed by atoms with van der Waals surface area (Å²) in [6.45, 7) is 4.02. The zero-order chi connectivity index (χ0) is 31.9. The third-order valence-electron chi connectivity index (χ3n) is 8.78. The number of urea groups is 1. The van der Waals surface area contributed by atoms with E-state index in [2.05, 4.69) is 21.3 Å². The van der Waals surface area contributed by atoms with Crippen LogP contribution in [0, 0.1) is 6.92 Å². The van der Waals surface area contributed by atoms with Crippen molar-refractivity contribution in [1.82, 2.24) is 25.8 Å². The number of aryl methyl sites for hydroxylation is 1. The number of carbonyl (C=O) groups is 4. The molecule has 5 rings (SSSR count). The number of likely N-dealkylation sites (N-methyl/N-ethyl adjacent to an activating group) is 1. The number of nitrogens with one attached hydrogen (secondary N) is 4. The minimum Gasteiger partial charge on any atom is -0.343 e. The second-order valence-corrected chi connectivity index (χ2v) is 11.9. The van der Waals surface area contributed by atoms with Gasteiger partial charge in [-0.15, -0.1) is 0 Å². The fraction of sp³-hybridized carbons (Fsp3) is 0.371. The molecular weight excluding hydrogens is 568 g/mol. The molecule has 0 bridgehead atoms. The molecule has 5 amide bonds. The Morgan fingerprint density at radius 3 is 2.07 bits per heavy atom. The van der Waals surface area contributed by atoms with Gasteiger partial charge in [-0.1, -0.05) is 78.4 Å². The molecule has 4 N–H and O–H groups in total. The molecule has 3 aromatic carbocycles. The number of hydrogen-bond acceptors (Lipinski definition) is 5. The number of amides is 5. The maximum atomic E-state index is 14.3. The lowest BCUT2D eigenvalue weighted by atomic mass is 9.98. The fourth-order valence-corrected chi connectivity index (χ4v) is 6.08. The van der Waals surface area contributed by atoms with Crippen molar-refractivity contribution in [3.63, 3.8) is 0 Å². The molecule has 2 saturated heterocycles. The van der Waals surface area contributed by atoms with Crippen molar-refractivity contribution < 1.29 is 19.2 Å². The molecule has 2 aliphatic heterocycles. The first-order chi connectivity index (χ1) is 21.7. The highest BCUT2D eigenvalue weighted by Crippen LogP contribution is 2.31. The molecule has 10 nitrogen and oxygen atoms in total. The highest BCUT2D eigenvalue weighted by Gasteiger charge is 2.46. The van der Waals surface area contributed by atoms with Crippen LogP contribution in [-0.2, 0) is 14.4 Å². The van der Waals surface area contributed by atoms with Crippen LogP contribution in [0.15, 0.2) is 84.9 Å². The summed E-state index contributed by atoms with van der Waals surface area (Å²) in [4.78, 5) is 57.9. The molecule has 10 heteroatoms. The summed E-state index contributed by atoms with van der Waals surface area (Å²) in [5.41, 5.74) is 3.60. The molecule has 0 radical (unpaired) electrons. The summed E-state index contributed by atoms with van der Waals surface area (Å²) in [6.07, 6.45) is 1.62. The largest absolute Gasteiger partial charge is 0.343 e. The molecule has 236 valence electrons. The molecule has 0 aromatic heterocycles. The summed E-state index contributed by atoms with van der Waals surface area (Å²) in [6, 6.07) is 23.7. The zero-order valence-corrected chi connectivity index (χ0v) is 26.0. The van der Waals surface area contributed by atoms with Crippen molar-refractivity contribution in [2.45, 2.75) is 63.3 Å². The van der Waals surface area contributed by atoms with Crippen LogP contribution in [-0.4, -0.2) is 77.9 Å². The van der Waals surface area contributed by atoms with Gasteiger partial charge in [-0.25, -0.2) is 4.79 Å². The molecule has 2 heterocycles. The molecule has 0 saturated carbocycles. The van der Waals surface area contributed by atoms with Crippen LogP contribution in [0.5, 0.6) is 0 Å². The summed E-state index contributed by atoms with van der Waals surface area (Å²) in [7, 11) is 1.66. The highest BCUT2D eigenvalue weighted by molar-refractivity contribution is 5.95. The zero-order valence-electron chi connectivity index (χ0n) is 26.0. The fourth-order valence-electron chi connectivity index (χ4n) is 6.08. The standard InChI is InChI=1S/C35H42N6O4/c1-23-14-16-27(17-15-23)37-35(45)40-21-20-28-18-19-30(41(28)34(44)29(22-40)38-32(42)24(2)36-3)33(43)39-31(25-10-6-4-7-11-25)26-12-8-5-9-13-26/h4-17,24,28-31,36H,18-22H2,1-3H3,(H,37,45)(H,38,42)(H,39,43)/t24-,28?,29-,30?/m0/s1. The van der Waals surface area contributed by atoms with Crippen LogP contribution in [0.2, 0.25) is 0 Å². The summed E-state index contributed by atoms with van der Waals surface area (Å²) < 4.78 is 0. The van der Waals surface area contributed by atoms with Gasteiger partial charge >= 0.3 is 6.03 Å². The third-order valence-corrected chi connectivity index (χ3v) is 8.78.